The zero-order chi connectivity index (χ0) is 21.3. The summed E-state index contributed by atoms with van der Waals surface area (Å²) in [7, 11) is 0. The van der Waals surface area contributed by atoms with Gasteiger partial charge in [-0.2, -0.15) is 4.68 Å². The fourth-order valence-corrected chi connectivity index (χ4v) is 4.51. The third-order valence-electron chi connectivity index (χ3n) is 4.61. The number of nitrogens with one attached hydrogen (secondary N) is 1. The van der Waals surface area contributed by atoms with Gasteiger partial charge in [0.1, 0.15) is 6.04 Å². The summed E-state index contributed by atoms with van der Waals surface area (Å²) in [5.74, 6) is -0.406. The molecule has 1 atom stereocenters. The number of hydrogen-bond donors (Lipinski definition) is 1. The minimum atomic E-state index is -0.832. The lowest BCUT2D eigenvalue weighted by molar-refractivity contribution is -0.119. The van der Waals surface area contributed by atoms with Gasteiger partial charge in [0.2, 0.25) is 5.91 Å². The first-order valence-electron chi connectivity index (χ1n) is 9.18. The molecule has 152 valence electrons. The van der Waals surface area contributed by atoms with E-state index in [4.69, 9.17) is 23.2 Å². The third-order valence-corrected chi connectivity index (χ3v) is 6.23. The molecule has 4 aromatic rings. The number of fused-ring (bicyclic) bond motifs is 1. The summed E-state index contributed by atoms with van der Waals surface area (Å²) in [5, 5.41) is 12.2. The van der Waals surface area contributed by atoms with Gasteiger partial charge in [-0.1, -0.05) is 65.7 Å². The van der Waals surface area contributed by atoms with Gasteiger partial charge < -0.3 is 5.32 Å². The van der Waals surface area contributed by atoms with Crippen LogP contribution in [0, 0.1) is 0 Å². The molecule has 0 aliphatic carbocycles. The third kappa shape index (κ3) is 3.96. The monoisotopic (exact) mass is 458 g/mol. The molecule has 4 rings (SSSR count). The molecule has 1 N–H and O–H groups in total. The zero-order valence-electron chi connectivity index (χ0n) is 15.8. The van der Waals surface area contributed by atoms with E-state index in [9.17, 15) is 9.59 Å². The van der Waals surface area contributed by atoms with E-state index < -0.39 is 11.9 Å². The Morgan fingerprint density at radius 3 is 2.63 bits per heavy atom. The second kappa shape index (κ2) is 8.55. The average molecular weight is 459 g/mol. The molecule has 0 radical (unpaired) electrons. The van der Waals surface area contributed by atoms with Crippen LogP contribution in [0.25, 0.3) is 20.7 Å². The van der Waals surface area contributed by atoms with Crippen molar-refractivity contribution in [3.05, 3.63) is 75.0 Å². The van der Waals surface area contributed by atoms with Crippen LogP contribution >= 0.6 is 34.5 Å². The molecule has 0 saturated heterocycles. The summed E-state index contributed by atoms with van der Waals surface area (Å²) in [6, 6.07) is 15.5. The molecule has 30 heavy (non-hydrogen) atoms. The average Bonchev–Trinajstić information content (AvgIpc) is 3.18. The summed E-state index contributed by atoms with van der Waals surface area (Å²) in [6.07, 6.45) is 0.354. The van der Waals surface area contributed by atoms with Gasteiger partial charge in [-0.3, -0.25) is 9.59 Å². The number of aromatic nitrogens is 3. The second-order valence-corrected chi connectivity index (χ2v) is 8.45. The lowest BCUT2D eigenvalue weighted by Gasteiger charge is -2.16. The summed E-state index contributed by atoms with van der Waals surface area (Å²) in [5.41, 5.74) is 1.05. The van der Waals surface area contributed by atoms with E-state index in [1.165, 1.54) is 17.4 Å². The fraction of sp³-hybridized carbons (Fsp3) is 0.143. The molecule has 0 aliphatic rings. The lowest BCUT2D eigenvalue weighted by atomic mass is 10.2. The van der Waals surface area contributed by atoms with Gasteiger partial charge in [-0.25, -0.2) is 0 Å². The number of amides is 1. The standard InChI is InChI=1S/C21H16Cl2N4O2S/c1-2-17(19(28)24-16-9-8-13(22)10-15(16)23)27-21(29)14-11-18(30-20(14)25-26-27)12-6-4-3-5-7-12/h3-11,17H,2H2,1H3,(H,24,28). The predicted octanol–water partition coefficient (Wildman–Crippen LogP) is 5.42. The first kappa shape index (κ1) is 20.5. The molecule has 0 aliphatic heterocycles. The Morgan fingerprint density at radius 1 is 1.17 bits per heavy atom. The van der Waals surface area contributed by atoms with E-state index in [0.29, 0.717) is 32.4 Å². The maximum atomic E-state index is 13.1. The van der Waals surface area contributed by atoms with Crippen molar-refractivity contribution >= 4 is 56.3 Å². The van der Waals surface area contributed by atoms with E-state index >= 15 is 0 Å². The molecule has 1 amide bonds. The Hall–Kier alpha value is -2.74. The van der Waals surface area contributed by atoms with Crippen molar-refractivity contribution in [3.8, 4) is 10.4 Å². The van der Waals surface area contributed by atoms with Gasteiger partial charge in [0, 0.05) is 9.90 Å². The van der Waals surface area contributed by atoms with Crippen LogP contribution in [0.4, 0.5) is 5.69 Å². The number of halogens is 2. The molecule has 0 fully saturated rings. The van der Waals surface area contributed by atoms with Gasteiger partial charge in [-0.15, -0.1) is 16.4 Å². The van der Waals surface area contributed by atoms with Gasteiger partial charge in [0.25, 0.3) is 5.56 Å². The minimum Gasteiger partial charge on any atom is -0.323 e. The van der Waals surface area contributed by atoms with Crippen LogP contribution in [-0.2, 0) is 4.79 Å². The number of carbonyl (C=O) groups is 1. The molecule has 2 heterocycles. The van der Waals surface area contributed by atoms with Gasteiger partial charge >= 0.3 is 0 Å². The van der Waals surface area contributed by atoms with E-state index in [2.05, 4.69) is 15.6 Å². The number of anilines is 1. The molecule has 2 aromatic heterocycles. The Kier molecular flexibility index (Phi) is 5.85. The number of benzene rings is 2. The van der Waals surface area contributed by atoms with Crippen molar-refractivity contribution in [2.75, 3.05) is 5.32 Å². The number of carbonyl (C=O) groups excluding carboxylic acids is 1. The van der Waals surface area contributed by atoms with Crippen molar-refractivity contribution in [1.82, 2.24) is 15.0 Å². The molecular formula is C21H16Cl2N4O2S. The van der Waals surface area contributed by atoms with Crippen LogP contribution in [-0.4, -0.2) is 20.9 Å². The van der Waals surface area contributed by atoms with E-state index in [1.807, 2.05) is 30.3 Å². The normalized spacial score (nSPS) is 12.1. The van der Waals surface area contributed by atoms with E-state index in [1.54, 1.807) is 25.1 Å². The molecule has 9 heteroatoms. The van der Waals surface area contributed by atoms with Gasteiger partial charge in [-0.05, 0) is 36.2 Å². The summed E-state index contributed by atoms with van der Waals surface area (Å²) >= 11 is 13.4. The molecule has 6 nitrogen and oxygen atoms in total. The first-order valence-corrected chi connectivity index (χ1v) is 10.8. The maximum Gasteiger partial charge on any atom is 0.279 e. The van der Waals surface area contributed by atoms with Gasteiger partial charge in [0.15, 0.2) is 4.83 Å². The molecule has 2 aromatic carbocycles. The Balaban J connectivity index is 1.69. The Morgan fingerprint density at radius 2 is 1.93 bits per heavy atom. The van der Waals surface area contributed by atoms with Crippen molar-refractivity contribution in [2.45, 2.75) is 19.4 Å². The van der Waals surface area contributed by atoms with Crippen molar-refractivity contribution in [2.24, 2.45) is 0 Å². The summed E-state index contributed by atoms with van der Waals surface area (Å²) < 4.78 is 1.13. The van der Waals surface area contributed by atoms with Crippen LogP contribution in [0.15, 0.2) is 59.4 Å². The summed E-state index contributed by atoms with van der Waals surface area (Å²) in [6.45, 7) is 1.80. The molecule has 0 bridgehead atoms. The number of thiophene rings is 1. The lowest BCUT2D eigenvalue weighted by Crippen LogP contribution is -2.35. The SMILES string of the molecule is CCC(C(=O)Nc1ccc(Cl)cc1Cl)n1nnc2sc(-c3ccccc3)cc2c1=O. The molecule has 1 unspecified atom stereocenters. The molecule has 0 saturated carbocycles. The number of hydrogen-bond acceptors (Lipinski definition) is 5. The van der Waals surface area contributed by atoms with E-state index in [-0.39, 0.29) is 5.56 Å². The quantitative estimate of drug-likeness (QED) is 0.433. The second-order valence-electron chi connectivity index (χ2n) is 6.57. The maximum absolute atomic E-state index is 13.1. The van der Waals surface area contributed by atoms with Crippen LogP contribution in [0.5, 0.6) is 0 Å². The van der Waals surface area contributed by atoms with Crippen molar-refractivity contribution in [1.29, 1.82) is 0 Å². The van der Waals surface area contributed by atoms with Crippen molar-refractivity contribution < 1.29 is 4.79 Å². The van der Waals surface area contributed by atoms with Gasteiger partial charge in [0.05, 0.1) is 16.1 Å². The molecule has 0 spiro atoms. The van der Waals surface area contributed by atoms with Crippen LogP contribution in [0.2, 0.25) is 10.0 Å². The first-order chi connectivity index (χ1) is 14.5. The fourth-order valence-electron chi connectivity index (χ4n) is 3.09. The van der Waals surface area contributed by atoms with E-state index in [0.717, 1.165) is 15.1 Å². The predicted molar refractivity (Wildman–Crippen MR) is 122 cm³/mol. The number of nitrogens with zero attached hydrogens (tertiary/aromatic N) is 3. The Labute approximate surface area is 186 Å². The van der Waals surface area contributed by atoms with Crippen LogP contribution < -0.4 is 10.9 Å². The van der Waals surface area contributed by atoms with Crippen molar-refractivity contribution in [3.63, 3.8) is 0 Å². The molecular weight excluding hydrogens is 443 g/mol. The van der Waals surface area contributed by atoms with Crippen LogP contribution in [0.3, 0.4) is 0 Å². The minimum absolute atomic E-state index is 0.310. The van der Waals surface area contributed by atoms with Crippen LogP contribution in [0.1, 0.15) is 19.4 Å². The largest absolute Gasteiger partial charge is 0.323 e. The zero-order valence-corrected chi connectivity index (χ0v) is 18.1. The highest BCUT2D eigenvalue weighted by atomic mass is 35.5. The highest BCUT2D eigenvalue weighted by molar-refractivity contribution is 7.21. The Bertz CT molecular complexity index is 1290. The topological polar surface area (TPSA) is 76.9 Å². The smallest absolute Gasteiger partial charge is 0.279 e. The number of rotatable bonds is 5. The summed E-state index contributed by atoms with van der Waals surface area (Å²) in [4.78, 5) is 27.4. The highest BCUT2D eigenvalue weighted by Gasteiger charge is 2.24. The highest BCUT2D eigenvalue weighted by Crippen LogP contribution is 2.31.